The number of fused-ring (bicyclic) bond motifs is 2. The van der Waals surface area contributed by atoms with Crippen LogP contribution in [0, 0.1) is 0 Å². The molecule has 2 aliphatic heterocycles. The van der Waals surface area contributed by atoms with Crippen LogP contribution in [-0.2, 0) is 6.42 Å². The Bertz CT molecular complexity index is 382. The van der Waals surface area contributed by atoms with E-state index in [2.05, 4.69) is 56.9 Å². The molecule has 3 rings (SSSR count). The predicted octanol–water partition coefficient (Wildman–Crippen LogP) is 3.18. The van der Waals surface area contributed by atoms with E-state index in [4.69, 9.17) is 0 Å². The van der Waals surface area contributed by atoms with Crippen molar-refractivity contribution in [3.05, 3.63) is 34.3 Å². The summed E-state index contributed by atoms with van der Waals surface area (Å²) in [6.07, 6.45) is 2.62. The van der Waals surface area contributed by atoms with Gasteiger partial charge in [-0.1, -0.05) is 28.1 Å². The van der Waals surface area contributed by atoms with Crippen LogP contribution in [0.1, 0.15) is 12.0 Å². The molecule has 16 heavy (non-hydrogen) atoms. The lowest BCUT2D eigenvalue weighted by molar-refractivity contribution is 0.273. The highest BCUT2D eigenvalue weighted by atomic mass is 79.9. The molecule has 2 atom stereocenters. The van der Waals surface area contributed by atoms with Crippen molar-refractivity contribution in [3.8, 4) is 0 Å². The van der Waals surface area contributed by atoms with Crippen LogP contribution in [0.15, 0.2) is 28.7 Å². The van der Waals surface area contributed by atoms with E-state index in [0.717, 1.165) is 11.3 Å². The Morgan fingerprint density at radius 1 is 1.44 bits per heavy atom. The number of thioether (sulfide) groups is 1. The molecule has 0 aliphatic carbocycles. The second-order valence-corrected chi connectivity index (χ2v) is 6.97. The summed E-state index contributed by atoms with van der Waals surface area (Å²) in [5, 5.41) is 0.938. The lowest BCUT2D eigenvalue weighted by Gasteiger charge is -2.26. The Labute approximate surface area is 110 Å². The fourth-order valence-electron chi connectivity index (χ4n) is 2.72. The smallest absolute Gasteiger partial charge is 0.0198 e. The molecule has 2 saturated heterocycles. The van der Waals surface area contributed by atoms with E-state index in [1.807, 2.05) is 0 Å². The average Bonchev–Trinajstić information content (AvgIpc) is 2.88. The number of halogens is 1. The second kappa shape index (κ2) is 4.71. The summed E-state index contributed by atoms with van der Waals surface area (Å²) in [6, 6.07) is 9.57. The molecule has 0 radical (unpaired) electrons. The number of likely N-dealkylation sites (tertiary alicyclic amines) is 1. The van der Waals surface area contributed by atoms with Gasteiger partial charge in [0.25, 0.3) is 0 Å². The summed E-state index contributed by atoms with van der Waals surface area (Å²) >= 11 is 5.70. The summed E-state index contributed by atoms with van der Waals surface area (Å²) in [6.45, 7) is 2.56. The van der Waals surface area contributed by atoms with Crippen LogP contribution in [0.5, 0.6) is 0 Å². The summed E-state index contributed by atoms with van der Waals surface area (Å²) in [4.78, 5) is 2.68. The van der Waals surface area contributed by atoms with Gasteiger partial charge in [0.15, 0.2) is 0 Å². The Morgan fingerprint density at radius 3 is 3.06 bits per heavy atom. The summed E-state index contributed by atoms with van der Waals surface area (Å²) in [5.74, 6) is 1.36. The Hall–Kier alpha value is 0.01000. The molecule has 2 bridgehead atoms. The minimum atomic E-state index is 0.877. The van der Waals surface area contributed by atoms with Crippen LogP contribution in [0.4, 0.5) is 0 Å². The van der Waals surface area contributed by atoms with Crippen molar-refractivity contribution in [1.82, 2.24) is 4.90 Å². The third kappa shape index (κ3) is 2.31. The van der Waals surface area contributed by atoms with Crippen LogP contribution >= 0.6 is 27.7 Å². The first-order valence-electron chi connectivity index (χ1n) is 5.91. The normalized spacial score (nSPS) is 28.8. The SMILES string of the molecule is Brc1cccc(CCN2CC3CC2CS3)c1. The molecule has 1 nitrogen and oxygen atoms in total. The van der Waals surface area contributed by atoms with Crippen molar-refractivity contribution in [2.75, 3.05) is 18.8 Å². The molecule has 1 aromatic rings. The Morgan fingerprint density at radius 2 is 2.38 bits per heavy atom. The largest absolute Gasteiger partial charge is 0.298 e. The lowest BCUT2D eigenvalue weighted by atomic mass is 10.1. The molecule has 0 amide bonds. The standard InChI is InChI=1S/C13H16BrNS/c14-11-3-1-2-10(6-11)4-5-15-8-13-7-12(15)9-16-13/h1-3,6,12-13H,4-5,7-9H2. The summed E-state index contributed by atoms with van der Waals surface area (Å²) in [5.41, 5.74) is 1.45. The van der Waals surface area contributed by atoms with E-state index in [-0.39, 0.29) is 0 Å². The minimum absolute atomic E-state index is 0.877. The summed E-state index contributed by atoms with van der Waals surface area (Å²) in [7, 11) is 0. The average molecular weight is 298 g/mol. The molecule has 2 aliphatic rings. The highest BCUT2D eigenvalue weighted by molar-refractivity contribution is 9.10. The van der Waals surface area contributed by atoms with Crippen LogP contribution in [0.2, 0.25) is 0 Å². The first kappa shape index (κ1) is 11.1. The van der Waals surface area contributed by atoms with E-state index in [1.54, 1.807) is 0 Å². The van der Waals surface area contributed by atoms with E-state index >= 15 is 0 Å². The monoisotopic (exact) mass is 297 g/mol. The first-order chi connectivity index (χ1) is 7.81. The van der Waals surface area contributed by atoms with Gasteiger partial charge in [-0.15, -0.1) is 0 Å². The van der Waals surface area contributed by atoms with E-state index in [0.29, 0.717) is 0 Å². The highest BCUT2D eigenvalue weighted by Crippen LogP contribution is 2.37. The molecule has 1 aromatic carbocycles. The van der Waals surface area contributed by atoms with Gasteiger partial charge in [0.1, 0.15) is 0 Å². The quantitative estimate of drug-likeness (QED) is 0.843. The second-order valence-electron chi connectivity index (χ2n) is 4.72. The molecule has 0 aromatic heterocycles. The number of hydrogen-bond acceptors (Lipinski definition) is 2. The van der Waals surface area contributed by atoms with Crippen LogP contribution in [0.25, 0.3) is 0 Å². The molecule has 3 heteroatoms. The lowest BCUT2D eigenvalue weighted by Crippen LogP contribution is -2.35. The molecular weight excluding hydrogens is 282 g/mol. The predicted molar refractivity (Wildman–Crippen MR) is 74.1 cm³/mol. The van der Waals surface area contributed by atoms with Crippen molar-refractivity contribution < 1.29 is 0 Å². The van der Waals surface area contributed by atoms with E-state index in [1.165, 1.54) is 41.7 Å². The fraction of sp³-hybridized carbons (Fsp3) is 0.538. The molecule has 0 spiro atoms. The third-order valence-corrected chi connectivity index (χ3v) is 5.47. The van der Waals surface area contributed by atoms with Gasteiger partial charge < -0.3 is 0 Å². The van der Waals surface area contributed by atoms with Crippen LogP contribution in [0.3, 0.4) is 0 Å². The number of nitrogens with zero attached hydrogens (tertiary/aromatic N) is 1. The van der Waals surface area contributed by atoms with Crippen molar-refractivity contribution in [3.63, 3.8) is 0 Å². The van der Waals surface area contributed by atoms with Gasteiger partial charge >= 0.3 is 0 Å². The van der Waals surface area contributed by atoms with Gasteiger partial charge in [-0.2, -0.15) is 11.8 Å². The zero-order valence-corrected chi connectivity index (χ0v) is 11.6. The molecule has 2 unspecified atom stereocenters. The highest BCUT2D eigenvalue weighted by Gasteiger charge is 2.37. The number of rotatable bonds is 3. The van der Waals surface area contributed by atoms with Crippen molar-refractivity contribution in [2.24, 2.45) is 0 Å². The zero-order chi connectivity index (χ0) is 11.0. The van der Waals surface area contributed by atoms with Gasteiger partial charge in [0.2, 0.25) is 0 Å². The first-order valence-corrected chi connectivity index (χ1v) is 7.75. The topological polar surface area (TPSA) is 3.24 Å². The van der Waals surface area contributed by atoms with Crippen molar-refractivity contribution in [1.29, 1.82) is 0 Å². The minimum Gasteiger partial charge on any atom is -0.298 e. The maximum atomic E-state index is 3.53. The fourth-order valence-corrected chi connectivity index (χ4v) is 4.66. The Kier molecular flexibility index (Phi) is 3.27. The van der Waals surface area contributed by atoms with Crippen LogP contribution in [-0.4, -0.2) is 35.0 Å². The molecule has 0 N–H and O–H groups in total. The van der Waals surface area contributed by atoms with Gasteiger partial charge in [-0.05, 0) is 30.5 Å². The van der Waals surface area contributed by atoms with Gasteiger partial charge in [-0.3, -0.25) is 4.90 Å². The van der Waals surface area contributed by atoms with E-state index in [9.17, 15) is 0 Å². The maximum absolute atomic E-state index is 3.53. The molecule has 86 valence electrons. The van der Waals surface area contributed by atoms with Crippen LogP contribution < -0.4 is 0 Å². The van der Waals surface area contributed by atoms with Gasteiger partial charge in [0, 0.05) is 34.6 Å². The molecule has 2 fully saturated rings. The van der Waals surface area contributed by atoms with Gasteiger partial charge in [0.05, 0.1) is 0 Å². The third-order valence-electron chi connectivity index (χ3n) is 3.59. The van der Waals surface area contributed by atoms with Gasteiger partial charge in [-0.25, -0.2) is 0 Å². The number of benzene rings is 1. The van der Waals surface area contributed by atoms with Crippen molar-refractivity contribution in [2.45, 2.75) is 24.1 Å². The zero-order valence-electron chi connectivity index (χ0n) is 9.23. The maximum Gasteiger partial charge on any atom is 0.0198 e. The Balaban J connectivity index is 1.57. The van der Waals surface area contributed by atoms with E-state index < -0.39 is 0 Å². The van der Waals surface area contributed by atoms with Crippen molar-refractivity contribution >= 4 is 27.7 Å². The molecule has 2 heterocycles. The number of hydrogen-bond donors (Lipinski definition) is 0. The molecular formula is C13H16BrNS. The summed E-state index contributed by atoms with van der Waals surface area (Å²) < 4.78 is 1.20. The molecule has 0 saturated carbocycles.